The third kappa shape index (κ3) is 2.89. The van der Waals surface area contributed by atoms with E-state index in [4.69, 9.17) is 0 Å². The highest BCUT2D eigenvalue weighted by molar-refractivity contribution is 6.10. The monoisotopic (exact) mass is 397 g/mol. The number of aromatic nitrogens is 6. The minimum absolute atomic E-state index is 0.231. The van der Waals surface area contributed by atoms with E-state index in [0.29, 0.717) is 17.3 Å². The van der Waals surface area contributed by atoms with Crippen LogP contribution in [0.5, 0.6) is 0 Å². The zero-order valence-electron chi connectivity index (χ0n) is 16.6. The van der Waals surface area contributed by atoms with Gasteiger partial charge in [0.2, 0.25) is 5.95 Å². The van der Waals surface area contributed by atoms with E-state index in [1.807, 2.05) is 42.8 Å². The smallest absolute Gasteiger partial charge is 0.268 e. The fourth-order valence-electron chi connectivity index (χ4n) is 3.66. The quantitative estimate of drug-likeness (QED) is 0.504. The largest absolute Gasteiger partial charge is 0.345 e. The van der Waals surface area contributed by atoms with Crippen LogP contribution in [0.4, 0.5) is 0 Å². The lowest BCUT2D eigenvalue weighted by molar-refractivity contribution is 0.0943. The van der Waals surface area contributed by atoms with Crippen molar-refractivity contribution >= 4 is 27.8 Å². The molecule has 30 heavy (non-hydrogen) atoms. The molecule has 0 fully saturated rings. The Balaban J connectivity index is 1.63. The number of rotatable bonds is 4. The summed E-state index contributed by atoms with van der Waals surface area (Å²) >= 11 is 0. The molecule has 8 nitrogen and oxygen atoms in total. The van der Waals surface area contributed by atoms with Gasteiger partial charge in [-0.25, -0.2) is 9.97 Å². The average Bonchev–Trinajstić information content (AvgIpc) is 3.30. The molecule has 0 aliphatic carbocycles. The van der Waals surface area contributed by atoms with Gasteiger partial charge in [0.25, 0.3) is 5.91 Å². The van der Waals surface area contributed by atoms with Crippen LogP contribution < -0.4 is 5.32 Å². The lowest BCUT2D eigenvalue weighted by Crippen LogP contribution is -2.26. The van der Waals surface area contributed by atoms with Gasteiger partial charge in [0.1, 0.15) is 5.69 Å². The van der Waals surface area contributed by atoms with Crippen molar-refractivity contribution < 1.29 is 4.79 Å². The van der Waals surface area contributed by atoms with Gasteiger partial charge in [0, 0.05) is 31.0 Å². The Kier molecular flexibility index (Phi) is 4.24. The van der Waals surface area contributed by atoms with Gasteiger partial charge in [-0.3, -0.25) is 19.3 Å². The Bertz CT molecular complexity index is 1370. The second kappa shape index (κ2) is 7.07. The van der Waals surface area contributed by atoms with E-state index in [-0.39, 0.29) is 12.5 Å². The van der Waals surface area contributed by atoms with Crippen molar-refractivity contribution in [3.8, 4) is 5.95 Å². The van der Waals surface area contributed by atoms with E-state index in [0.717, 1.165) is 27.6 Å². The van der Waals surface area contributed by atoms with Gasteiger partial charge < -0.3 is 9.88 Å². The van der Waals surface area contributed by atoms with Crippen LogP contribution in [-0.2, 0) is 13.6 Å². The summed E-state index contributed by atoms with van der Waals surface area (Å²) in [6.07, 6.45) is 6.69. The molecule has 1 aromatic carbocycles. The van der Waals surface area contributed by atoms with Crippen LogP contribution in [0.25, 0.3) is 27.9 Å². The van der Waals surface area contributed by atoms with Crippen LogP contribution >= 0.6 is 0 Å². The molecule has 0 saturated carbocycles. The normalized spacial score (nSPS) is 11.3. The molecule has 8 heteroatoms. The number of hydrogen-bond acceptors (Lipinski definition) is 5. The molecule has 0 unspecified atom stereocenters. The Labute approximate surface area is 172 Å². The van der Waals surface area contributed by atoms with E-state index in [1.54, 1.807) is 30.9 Å². The number of benzene rings is 1. The summed E-state index contributed by atoms with van der Waals surface area (Å²) in [4.78, 5) is 30.5. The Morgan fingerprint density at radius 1 is 1.00 bits per heavy atom. The molecule has 5 rings (SSSR count). The number of nitrogens with one attached hydrogen (secondary N) is 1. The van der Waals surface area contributed by atoms with E-state index < -0.39 is 0 Å². The van der Waals surface area contributed by atoms with Gasteiger partial charge in [-0.05, 0) is 25.1 Å². The van der Waals surface area contributed by atoms with Crippen LogP contribution in [0.1, 0.15) is 21.9 Å². The molecule has 1 N–H and O–H groups in total. The minimum atomic E-state index is -0.231. The van der Waals surface area contributed by atoms with Crippen LogP contribution in [-0.4, -0.2) is 35.0 Å². The Hall–Kier alpha value is -4.07. The van der Waals surface area contributed by atoms with Crippen molar-refractivity contribution in [1.29, 1.82) is 0 Å². The second-order valence-electron chi connectivity index (χ2n) is 7.06. The molecule has 5 aromatic rings. The zero-order chi connectivity index (χ0) is 20.7. The van der Waals surface area contributed by atoms with Crippen molar-refractivity contribution in [1.82, 2.24) is 34.4 Å². The van der Waals surface area contributed by atoms with E-state index in [2.05, 4.69) is 35.9 Å². The number of hydrogen-bond donors (Lipinski definition) is 1. The first-order chi connectivity index (χ1) is 14.6. The number of fused-ring (bicyclic) bond motifs is 3. The summed E-state index contributed by atoms with van der Waals surface area (Å²) in [5.74, 6) is 0.217. The standard InChI is InChI=1S/C22H19N7O/c1-14-11-26-15(12-25-14)13-27-21(30)19-10-18-20(29(19)22-23-8-5-9-24-22)16-6-3-4-7-17(16)28(18)2/h3-12H,13H2,1-2H3,(H,27,30). The van der Waals surface area contributed by atoms with Gasteiger partial charge >= 0.3 is 0 Å². The molecular weight excluding hydrogens is 378 g/mol. The molecule has 4 heterocycles. The average molecular weight is 397 g/mol. The molecule has 0 aliphatic rings. The SMILES string of the molecule is Cc1cnc(CNC(=O)c2cc3c(c4ccccc4n3C)n2-c2ncccn2)cn1. The predicted molar refractivity (Wildman–Crippen MR) is 113 cm³/mol. The van der Waals surface area contributed by atoms with Crippen LogP contribution in [0.3, 0.4) is 0 Å². The van der Waals surface area contributed by atoms with Crippen molar-refractivity contribution in [2.75, 3.05) is 0 Å². The molecule has 0 saturated heterocycles. The highest BCUT2D eigenvalue weighted by Crippen LogP contribution is 2.32. The maximum Gasteiger partial charge on any atom is 0.268 e. The number of para-hydroxylation sites is 1. The molecule has 0 atom stereocenters. The maximum absolute atomic E-state index is 13.1. The number of aryl methyl sites for hydroxylation is 2. The van der Waals surface area contributed by atoms with Gasteiger partial charge in [-0.1, -0.05) is 18.2 Å². The van der Waals surface area contributed by atoms with Crippen LogP contribution in [0.2, 0.25) is 0 Å². The number of nitrogens with zero attached hydrogens (tertiary/aromatic N) is 6. The fourth-order valence-corrected chi connectivity index (χ4v) is 3.66. The molecule has 0 bridgehead atoms. The highest BCUT2D eigenvalue weighted by atomic mass is 16.1. The first kappa shape index (κ1) is 18.0. The van der Waals surface area contributed by atoms with E-state index in [9.17, 15) is 4.79 Å². The van der Waals surface area contributed by atoms with Crippen LogP contribution in [0.15, 0.2) is 61.2 Å². The van der Waals surface area contributed by atoms with Gasteiger partial charge in [0.05, 0.1) is 40.7 Å². The summed E-state index contributed by atoms with van der Waals surface area (Å²) in [6.45, 7) is 2.15. The topological polar surface area (TPSA) is 90.5 Å². The van der Waals surface area contributed by atoms with Crippen molar-refractivity contribution in [2.45, 2.75) is 13.5 Å². The predicted octanol–water partition coefficient (Wildman–Crippen LogP) is 2.94. The highest BCUT2D eigenvalue weighted by Gasteiger charge is 2.23. The van der Waals surface area contributed by atoms with Crippen molar-refractivity contribution in [3.63, 3.8) is 0 Å². The third-order valence-electron chi connectivity index (χ3n) is 5.11. The van der Waals surface area contributed by atoms with Gasteiger partial charge in [-0.2, -0.15) is 0 Å². The molecule has 0 aliphatic heterocycles. The van der Waals surface area contributed by atoms with E-state index in [1.165, 1.54) is 0 Å². The number of carbonyl (C=O) groups excluding carboxylic acids is 1. The molecule has 1 amide bonds. The fraction of sp³-hybridized carbons (Fsp3) is 0.136. The Morgan fingerprint density at radius 3 is 2.57 bits per heavy atom. The lowest BCUT2D eigenvalue weighted by Gasteiger charge is -2.09. The number of carbonyl (C=O) groups is 1. The van der Waals surface area contributed by atoms with E-state index >= 15 is 0 Å². The molecule has 0 radical (unpaired) electrons. The third-order valence-corrected chi connectivity index (χ3v) is 5.11. The summed E-state index contributed by atoms with van der Waals surface area (Å²) < 4.78 is 3.89. The lowest BCUT2D eigenvalue weighted by atomic mass is 10.2. The minimum Gasteiger partial charge on any atom is -0.345 e. The van der Waals surface area contributed by atoms with Crippen molar-refractivity contribution in [3.05, 3.63) is 78.3 Å². The summed E-state index contributed by atoms with van der Waals surface area (Å²) in [7, 11) is 1.99. The second-order valence-corrected chi connectivity index (χ2v) is 7.06. The first-order valence-electron chi connectivity index (χ1n) is 9.55. The first-order valence-corrected chi connectivity index (χ1v) is 9.55. The number of amides is 1. The zero-order valence-corrected chi connectivity index (χ0v) is 16.6. The van der Waals surface area contributed by atoms with Gasteiger partial charge in [-0.15, -0.1) is 0 Å². The Morgan fingerprint density at radius 2 is 1.80 bits per heavy atom. The molecule has 0 spiro atoms. The van der Waals surface area contributed by atoms with Crippen molar-refractivity contribution in [2.24, 2.45) is 7.05 Å². The summed E-state index contributed by atoms with van der Waals surface area (Å²) in [6, 6.07) is 11.7. The maximum atomic E-state index is 13.1. The van der Waals surface area contributed by atoms with Gasteiger partial charge in [0.15, 0.2) is 0 Å². The molecule has 148 valence electrons. The molecular formula is C22H19N7O. The summed E-state index contributed by atoms with van der Waals surface area (Å²) in [5, 5.41) is 3.97. The van der Waals surface area contributed by atoms with Crippen LogP contribution in [0, 0.1) is 6.92 Å². The summed E-state index contributed by atoms with van der Waals surface area (Å²) in [5.41, 5.74) is 4.90. The molecule has 4 aromatic heterocycles.